The first kappa shape index (κ1) is 39.2. The van der Waals surface area contributed by atoms with Crippen molar-refractivity contribution in [2.24, 2.45) is 10.3 Å². The minimum Gasteiger partial charge on any atom is -0.393 e. The first-order valence-corrected chi connectivity index (χ1v) is 17.5. The number of hydrogen-bond donors (Lipinski definition) is 1. The van der Waals surface area contributed by atoms with Crippen LogP contribution in [0.15, 0.2) is 83.4 Å². The Morgan fingerprint density at radius 3 is 1.57 bits per heavy atom. The number of aliphatic hydroxyl groups is 1. The summed E-state index contributed by atoms with van der Waals surface area (Å²) in [5, 5.41) is 41.6. The molecule has 0 aliphatic rings. The van der Waals surface area contributed by atoms with Gasteiger partial charge in [0.2, 0.25) is 0 Å². The molecule has 20 heteroatoms. The van der Waals surface area contributed by atoms with Crippen LogP contribution < -0.4 is 0 Å². The summed E-state index contributed by atoms with van der Waals surface area (Å²) in [5.41, 5.74) is 2.81. The molecular formula is C38H31F5N12O3. The predicted molar refractivity (Wildman–Crippen MR) is 200 cm³/mol. The molecule has 58 heavy (non-hydrogen) atoms. The largest absolute Gasteiger partial charge is 0.393 e. The third kappa shape index (κ3) is 8.21. The number of fused-ring (bicyclic) bond motifs is 4. The third-order valence-electron chi connectivity index (χ3n) is 8.60. The Labute approximate surface area is 324 Å². The number of aromatic nitrogens is 10. The summed E-state index contributed by atoms with van der Waals surface area (Å²) in [4.78, 5) is 17.7. The Morgan fingerprint density at radius 2 is 1.12 bits per heavy atom. The van der Waals surface area contributed by atoms with Crippen molar-refractivity contribution in [2.75, 3.05) is 26.5 Å². The number of halogens is 5. The van der Waals surface area contributed by atoms with Crippen LogP contribution in [0.4, 0.5) is 22.0 Å². The molecule has 0 bridgehead atoms. The molecule has 0 aliphatic carbocycles. The van der Waals surface area contributed by atoms with Gasteiger partial charge in [0.15, 0.2) is 22.9 Å². The summed E-state index contributed by atoms with van der Waals surface area (Å²) in [6.07, 6.45) is 2.65. The summed E-state index contributed by atoms with van der Waals surface area (Å²) in [6, 6.07) is 15.3. The van der Waals surface area contributed by atoms with Gasteiger partial charge in [-0.3, -0.25) is 9.97 Å². The fourth-order valence-electron chi connectivity index (χ4n) is 5.75. The van der Waals surface area contributed by atoms with Crippen molar-refractivity contribution >= 4 is 44.5 Å². The fraction of sp³-hybridized carbons (Fsp3) is 0.211. The lowest BCUT2D eigenvalue weighted by Gasteiger charge is -2.07. The molecule has 6 aromatic heterocycles. The second kappa shape index (κ2) is 17.4. The van der Waals surface area contributed by atoms with E-state index in [9.17, 15) is 22.0 Å². The van der Waals surface area contributed by atoms with Gasteiger partial charge in [0.25, 0.3) is 0 Å². The average Bonchev–Trinajstić information content (AvgIpc) is 3.84. The summed E-state index contributed by atoms with van der Waals surface area (Å²) in [7, 11) is 0. The van der Waals surface area contributed by atoms with E-state index in [0.717, 1.165) is 0 Å². The molecule has 0 atom stereocenters. The minimum atomic E-state index is -0.723. The van der Waals surface area contributed by atoms with Crippen LogP contribution in [-0.4, -0.2) is 92.6 Å². The summed E-state index contributed by atoms with van der Waals surface area (Å²) in [5.74, 6) is -2.29. The summed E-state index contributed by atoms with van der Waals surface area (Å²) < 4.78 is 73.8. The van der Waals surface area contributed by atoms with Crippen LogP contribution in [0, 0.1) is 23.3 Å². The molecule has 8 rings (SSSR count). The third-order valence-corrected chi connectivity index (χ3v) is 8.60. The normalized spacial score (nSPS) is 12.1. The number of pyridine rings is 2. The fourth-order valence-corrected chi connectivity index (χ4v) is 5.75. The van der Waals surface area contributed by atoms with E-state index in [1.54, 1.807) is 56.3 Å². The molecule has 0 spiro atoms. The zero-order valence-corrected chi connectivity index (χ0v) is 30.7. The topological polar surface area (TPSA) is 175 Å². The Morgan fingerprint density at radius 1 is 0.655 bits per heavy atom. The number of oxime groups is 2. The van der Waals surface area contributed by atoms with Crippen molar-refractivity contribution in [1.82, 2.24) is 49.6 Å². The smallest absolute Gasteiger partial charge is 0.177 e. The molecular weight excluding hydrogens is 767 g/mol. The molecule has 15 nitrogen and oxygen atoms in total. The minimum absolute atomic E-state index is 0.0623. The Balaban J connectivity index is 0.000000177. The molecule has 0 unspecified atom stereocenters. The Kier molecular flexibility index (Phi) is 11.7. The van der Waals surface area contributed by atoms with Gasteiger partial charge in [-0.2, -0.15) is 19.2 Å². The molecule has 296 valence electrons. The molecule has 6 heterocycles. The van der Waals surface area contributed by atoms with Crippen molar-refractivity contribution < 1.29 is 36.7 Å². The molecule has 0 radical (unpaired) electrons. The van der Waals surface area contributed by atoms with Crippen molar-refractivity contribution in [3.8, 4) is 0 Å². The number of aliphatic hydroxyl groups excluding tert-OH is 1. The lowest BCUT2D eigenvalue weighted by Crippen LogP contribution is -2.09. The van der Waals surface area contributed by atoms with Gasteiger partial charge in [0.1, 0.15) is 66.0 Å². The van der Waals surface area contributed by atoms with Crippen LogP contribution in [0.3, 0.4) is 0 Å². The van der Waals surface area contributed by atoms with Crippen molar-refractivity contribution in [3.63, 3.8) is 0 Å². The second-order valence-corrected chi connectivity index (χ2v) is 12.4. The van der Waals surface area contributed by atoms with Crippen LogP contribution in [0.2, 0.25) is 0 Å². The van der Waals surface area contributed by atoms with Gasteiger partial charge >= 0.3 is 0 Å². The molecule has 2 aromatic carbocycles. The predicted octanol–water partition coefficient (Wildman–Crippen LogP) is 5.53. The number of benzene rings is 2. The molecule has 0 fully saturated rings. The highest BCUT2D eigenvalue weighted by molar-refractivity contribution is 5.97. The molecule has 8 aromatic rings. The van der Waals surface area contributed by atoms with Crippen LogP contribution in [0.1, 0.15) is 48.0 Å². The van der Waals surface area contributed by atoms with E-state index < -0.39 is 29.9 Å². The quantitative estimate of drug-likeness (QED) is 0.0713. The van der Waals surface area contributed by atoms with Crippen molar-refractivity contribution in [3.05, 3.63) is 130 Å². The summed E-state index contributed by atoms with van der Waals surface area (Å²) in [6.45, 7) is 2.42. The van der Waals surface area contributed by atoms with E-state index in [4.69, 9.17) is 14.8 Å². The lowest BCUT2D eigenvalue weighted by atomic mass is 10.1. The van der Waals surface area contributed by atoms with Gasteiger partial charge in [-0.1, -0.05) is 10.3 Å². The van der Waals surface area contributed by atoms with Gasteiger partial charge in [-0.05, 0) is 62.4 Å². The molecule has 0 saturated heterocycles. The SMILES string of the molecule is C/C(=N\OCCF)c1ccc2nnc(Cc3c(F)cc4ncccc4c3F)n2n1.C/C(=N\OCCO)c1ccc2nnc(Cc3c(F)cc4ncccc4c3F)n2n1. The maximum atomic E-state index is 14.9. The monoisotopic (exact) mass is 798 g/mol. The zero-order valence-electron chi connectivity index (χ0n) is 30.7. The first-order chi connectivity index (χ1) is 28.2. The van der Waals surface area contributed by atoms with Gasteiger partial charge in [-0.25, -0.2) is 22.0 Å². The average molecular weight is 799 g/mol. The Bertz CT molecular complexity index is 2640. The highest BCUT2D eigenvalue weighted by Gasteiger charge is 2.20. The van der Waals surface area contributed by atoms with E-state index in [-0.39, 0.29) is 77.2 Å². The van der Waals surface area contributed by atoms with E-state index in [2.05, 4.69) is 50.9 Å². The highest BCUT2D eigenvalue weighted by atomic mass is 19.1. The standard InChI is InChI=1S/C19H15F3N6O.C19H16F2N6O2/c1-11(27-29-8-6-20)15-4-5-17-24-25-18(28(17)26-15)9-13-14(21)10-16-12(19(13)22)3-2-7-23-16;1-11(26-29-8-7-28)15-4-5-17-23-24-18(27(17)25-15)9-13-14(20)10-16-12(19(13)21)3-2-6-22-16/h2-5,7,10H,6,8-9H2,1H3;2-6,10,28H,7-9H2,1H3/b27-11+;26-11+. The van der Waals surface area contributed by atoms with Crippen LogP contribution >= 0.6 is 0 Å². The van der Waals surface area contributed by atoms with Gasteiger partial charge in [0, 0.05) is 59.3 Å². The van der Waals surface area contributed by atoms with E-state index in [1.165, 1.54) is 39.6 Å². The maximum absolute atomic E-state index is 14.9. The Hall–Kier alpha value is -7.09. The van der Waals surface area contributed by atoms with Crippen molar-refractivity contribution in [2.45, 2.75) is 26.7 Å². The maximum Gasteiger partial charge on any atom is 0.177 e. The van der Waals surface area contributed by atoms with Crippen LogP contribution in [-0.2, 0) is 22.5 Å². The van der Waals surface area contributed by atoms with Crippen LogP contribution in [0.25, 0.3) is 33.1 Å². The second-order valence-electron chi connectivity index (χ2n) is 12.4. The van der Waals surface area contributed by atoms with Gasteiger partial charge in [0.05, 0.1) is 17.6 Å². The highest BCUT2D eigenvalue weighted by Crippen LogP contribution is 2.26. The lowest BCUT2D eigenvalue weighted by molar-refractivity contribution is 0.0986. The van der Waals surface area contributed by atoms with E-state index in [0.29, 0.717) is 34.1 Å². The molecule has 0 saturated carbocycles. The van der Waals surface area contributed by atoms with Crippen LogP contribution in [0.5, 0.6) is 0 Å². The number of alkyl halides is 1. The van der Waals surface area contributed by atoms with E-state index >= 15 is 0 Å². The van der Waals surface area contributed by atoms with E-state index in [1.807, 2.05) is 0 Å². The molecule has 1 N–H and O–H groups in total. The number of hydrogen-bond acceptors (Lipinski definition) is 13. The van der Waals surface area contributed by atoms with Crippen molar-refractivity contribution in [1.29, 1.82) is 0 Å². The molecule has 0 amide bonds. The van der Waals surface area contributed by atoms with Gasteiger partial charge in [-0.15, -0.1) is 20.4 Å². The number of nitrogens with zero attached hydrogens (tertiary/aromatic N) is 12. The van der Waals surface area contributed by atoms with Gasteiger partial charge < -0.3 is 14.8 Å². The molecule has 0 aliphatic heterocycles. The first-order valence-electron chi connectivity index (χ1n) is 17.5. The number of rotatable bonds is 12. The zero-order chi connectivity index (χ0) is 40.8. The summed E-state index contributed by atoms with van der Waals surface area (Å²) >= 11 is 0.